The van der Waals surface area contributed by atoms with Crippen molar-refractivity contribution in [2.45, 2.75) is 13.0 Å². The molecule has 1 aromatic carbocycles. The minimum atomic E-state index is -0.108. The van der Waals surface area contributed by atoms with Crippen LogP contribution < -0.4 is 5.56 Å². The smallest absolute Gasteiger partial charge is 0.262 e. The van der Waals surface area contributed by atoms with E-state index in [9.17, 15) is 4.79 Å². The van der Waals surface area contributed by atoms with Gasteiger partial charge in [-0.05, 0) is 24.4 Å². The molecule has 0 fully saturated rings. The van der Waals surface area contributed by atoms with Gasteiger partial charge in [0.05, 0.1) is 10.9 Å². The van der Waals surface area contributed by atoms with Gasteiger partial charge in [0, 0.05) is 13.0 Å². The number of nitrogens with one attached hydrogen (secondary N) is 1. The Morgan fingerprint density at radius 3 is 3.00 bits per heavy atom. The summed E-state index contributed by atoms with van der Waals surface area (Å²) in [5.74, 6) is 0.550. The SMILES string of the molecule is O=c1c2ccccc2[nH]c(=S)n1CCc1ncon1. The van der Waals surface area contributed by atoms with Crippen LogP contribution in [0.4, 0.5) is 0 Å². The van der Waals surface area contributed by atoms with Crippen molar-refractivity contribution in [1.82, 2.24) is 19.7 Å². The minimum Gasteiger partial charge on any atom is -0.343 e. The number of hydrogen-bond acceptors (Lipinski definition) is 5. The van der Waals surface area contributed by atoms with Crippen LogP contribution in [0.1, 0.15) is 5.82 Å². The molecular formula is C12H10N4O2S. The Hall–Kier alpha value is -2.28. The largest absolute Gasteiger partial charge is 0.343 e. The number of para-hydroxylation sites is 1. The van der Waals surface area contributed by atoms with E-state index in [0.29, 0.717) is 28.9 Å². The molecular weight excluding hydrogens is 264 g/mol. The molecule has 0 saturated heterocycles. The predicted octanol–water partition coefficient (Wildman–Crippen LogP) is 1.68. The summed E-state index contributed by atoms with van der Waals surface area (Å²) in [4.78, 5) is 19.3. The van der Waals surface area contributed by atoms with Crippen molar-refractivity contribution in [1.29, 1.82) is 0 Å². The second kappa shape index (κ2) is 4.77. The normalized spacial score (nSPS) is 10.9. The Kier molecular flexibility index (Phi) is 2.96. The van der Waals surface area contributed by atoms with Crippen LogP contribution in [0.2, 0.25) is 0 Å². The van der Waals surface area contributed by atoms with Crippen LogP contribution in [0.3, 0.4) is 0 Å². The highest BCUT2D eigenvalue weighted by Crippen LogP contribution is 2.06. The number of aromatic amines is 1. The van der Waals surface area contributed by atoms with Crippen LogP contribution in [0.25, 0.3) is 10.9 Å². The summed E-state index contributed by atoms with van der Waals surface area (Å²) in [6.45, 7) is 0.415. The van der Waals surface area contributed by atoms with Gasteiger partial charge in [-0.1, -0.05) is 17.3 Å². The van der Waals surface area contributed by atoms with Gasteiger partial charge in [0.2, 0.25) is 6.39 Å². The summed E-state index contributed by atoms with van der Waals surface area (Å²) in [7, 11) is 0. The molecule has 2 heterocycles. The number of aryl methyl sites for hydroxylation is 1. The highest BCUT2D eigenvalue weighted by atomic mass is 32.1. The highest BCUT2D eigenvalue weighted by Gasteiger charge is 2.06. The van der Waals surface area contributed by atoms with Gasteiger partial charge in [-0.3, -0.25) is 9.36 Å². The van der Waals surface area contributed by atoms with E-state index in [-0.39, 0.29) is 5.56 Å². The van der Waals surface area contributed by atoms with Crippen molar-refractivity contribution in [2.24, 2.45) is 0 Å². The highest BCUT2D eigenvalue weighted by molar-refractivity contribution is 7.71. The third-order valence-corrected chi connectivity index (χ3v) is 3.18. The molecule has 2 aromatic heterocycles. The van der Waals surface area contributed by atoms with Crippen LogP contribution in [0, 0.1) is 4.77 Å². The molecule has 0 unspecified atom stereocenters. The molecule has 0 bridgehead atoms. The fraction of sp³-hybridized carbons (Fsp3) is 0.167. The van der Waals surface area contributed by atoms with Gasteiger partial charge in [0.25, 0.3) is 5.56 Å². The molecule has 19 heavy (non-hydrogen) atoms. The quantitative estimate of drug-likeness (QED) is 0.735. The van der Waals surface area contributed by atoms with Crippen LogP contribution in [0.5, 0.6) is 0 Å². The molecule has 0 radical (unpaired) electrons. The van der Waals surface area contributed by atoms with Gasteiger partial charge in [0.15, 0.2) is 10.6 Å². The van der Waals surface area contributed by atoms with E-state index < -0.39 is 0 Å². The molecule has 7 heteroatoms. The molecule has 6 nitrogen and oxygen atoms in total. The van der Waals surface area contributed by atoms with Crippen LogP contribution in [0.15, 0.2) is 40.0 Å². The first kappa shape index (κ1) is 11.8. The summed E-state index contributed by atoms with van der Waals surface area (Å²) < 4.78 is 6.55. The molecule has 1 N–H and O–H groups in total. The standard InChI is InChI=1S/C12H10N4O2S/c17-11-8-3-1-2-4-9(8)14-12(19)16(11)6-5-10-13-7-18-15-10/h1-4,7H,5-6H2,(H,14,19). The number of H-pyrrole nitrogens is 1. The van der Waals surface area contributed by atoms with E-state index in [4.69, 9.17) is 12.2 Å². The summed E-state index contributed by atoms with van der Waals surface area (Å²) >= 11 is 5.20. The lowest BCUT2D eigenvalue weighted by molar-refractivity contribution is 0.408. The maximum absolute atomic E-state index is 12.3. The topological polar surface area (TPSA) is 76.7 Å². The third-order valence-electron chi connectivity index (χ3n) is 2.86. The molecule has 3 aromatic rings. The number of rotatable bonds is 3. The molecule has 0 aliphatic carbocycles. The third kappa shape index (κ3) is 2.19. The predicted molar refractivity (Wildman–Crippen MR) is 71.4 cm³/mol. The van der Waals surface area contributed by atoms with Crippen molar-refractivity contribution >= 4 is 23.1 Å². The Balaban J connectivity index is 2.04. The van der Waals surface area contributed by atoms with Crippen LogP contribution in [-0.4, -0.2) is 19.7 Å². The van der Waals surface area contributed by atoms with E-state index in [2.05, 4.69) is 19.6 Å². The Morgan fingerprint density at radius 1 is 1.37 bits per heavy atom. The van der Waals surface area contributed by atoms with Crippen molar-refractivity contribution in [2.75, 3.05) is 0 Å². The summed E-state index contributed by atoms with van der Waals surface area (Å²) in [6.07, 6.45) is 1.76. The lowest BCUT2D eigenvalue weighted by Gasteiger charge is -2.06. The number of hydrogen-bond donors (Lipinski definition) is 1. The van der Waals surface area contributed by atoms with Crippen LogP contribution >= 0.6 is 12.2 Å². The maximum atomic E-state index is 12.3. The molecule has 0 amide bonds. The Morgan fingerprint density at radius 2 is 2.21 bits per heavy atom. The van der Waals surface area contributed by atoms with Crippen molar-refractivity contribution in [3.63, 3.8) is 0 Å². The molecule has 0 spiro atoms. The van der Waals surface area contributed by atoms with Crippen molar-refractivity contribution < 1.29 is 4.52 Å². The second-order valence-corrected chi connectivity index (χ2v) is 4.42. The molecule has 0 aliphatic heterocycles. The van der Waals surface area contributed by atoms with E-state index in [1.165, 1.54) is 11.0 Å². The van der Waals surface area contributed by atoms with Gasteiger partial charge in [0.1, 0.15) is 0 Å². The van der Waals surface area contributed by atoms with Gasteiger partial charge in [-0.25, -0.2) is 0 Å². The summed E-state index contributed by atoms with van der Waals surface area (Å²) in [6, 6.07) is 7.28. The fourth-order valence-corrected chi connectivity index (χ4v) is 2.20. The summed E-state index contributed by atoms with van der Waals surface area (Å²) in [5, 5.41) is 4.32. The van der Waals surface area contributed by atoms with E-state index in [0.717, 1.165) is 5.52 Å². The monoisotopic (exact) mass is 274 g/mol. The van der Waals surface area contributed by atoms with Crippen molar-refractivity contribution in [3.05, 3.63) is 51.6 Å². The Bertz CT molecular complexity index is 820. The Labute approximate surface area is 112 Å². The zero-order valence-corrected chi connectivity index (χ0v) is 10.7. The number of nitrogens with zero attached hydrogens (tertiary/aromatic N) is 3. The minimum absolute atomic E-state index is 0.108. The fourth-order valence-electron chi connectivity index (χ4n) is 1.92. The molecule has 0 atom stereocenters. The average molecular weight is 274 g/mol. The molecule has 96 valence electrons. The van der Waals surface area contributed by atoms with E-state index in [1.54, 1.807) is 6.07 Å². The zero-order valence-electron chi connectivity index (χ0n) is 9.87. The van der Waals surface area contributed by atoms with Gasteiger partial charge in [-0.15, -0.1) is 0 Å². The number of benzene rings is 1. The van der Waals surface area contributed by atoms with Gasteiger partial charge >= 0.3 is 0 Å². The lowest BCUT2D eigenvalue weighted by Crippen LogP contribution is -2.23. The van der Waals surface area contributed by atoms with Crippen molar-refractivity contribution in [3.8, 4) is 0 Å². The summed E-state index contributed by atoms with van der Waals surface area (Å²) in [5.41, 5.74) is 0.635. The van der Waals surface area contributed by atoms with Gasteiger partial charge < -0.3 is 9.51 Å². The first-order valence-electron chi connectivity index (χ1n) is 5.73. The molecule has 0 saturated carbocycles. The first-order chi connectivity index (χ1) is 9.25. The lowest BCUT2D eigenvalue weighted by atomic mass is 10.2. The van der Waals surface area contributed by atoms with Crippen LogP contribution in [-0.2, 0) is 13.0 Å². The number of fused-ring (bicyclic) bond motifs is 1. The first-order valence-corrected chi connectivity index (χ1v) is 6.13. The maximum Gasteiger partial charge on any atom is 0.262 e. The molecule has 3 rings (SSSR count). The zero-order chi connectivity index (χ0) is 13.2. The van der Waals surface area contributed by atoms with E-state index >= 15 is 0 Å². The van der Waals surface area contributed by atoms with E-state index in [1.807, 2.05) is 18.2 Å². The average Bonchev–Trinajstić information content (AvgIpc) is 2.92. The van der Waals surface area contributed by atoms with Gasteiger partial charge in [-0.2, -0.15) is 4.98 Å². The number of aromatic nitrogens is 4. The molecule has 0 aliphatic rings. The second-order valence-electron chi connectivity index (χ2n) is 4.03.